The first-order chi connectivity index (χ1) is 9.54. The van der Waals surface area contributed by atoms with Gasteiger partial charge in [0.05, 0.1) is 11.7 Å². The Bertz CT molecular complexity index is 448. The Morgan fingerprint density at radius 1 is 1.20 bits per heavy atom. The summed E-state index contributed by atoms with van der Waals surface area (Å²) < 4.78 is 15.5. The SMILES string of the molecule is CO[C@@H]1O[C@@H](C)[C@H](OC(=O)c2ccccc2)[C@@H](O)[C@H]1O. The number of hydrogen-bond acceptors (Lipinski definition) is 6. The molecule has 1 aliphatic rings. The van der Waals surface area contributed by atoms with Crippen LogP contribution in [0.25, 0.3) is 0 Å². The van der Waals surface area contributed by atoms with Gasteiger partial charge in [0, 0.05) is 7.11 Å². The van der Waals surface area contributed by atoms with Gasteiger partial charge in [-0.25, -0.2) is 4.79 Å². The van der Waals surface area contributed by atoms with E-state index in [9.17, 15) is 15.0 Å². The molecule has 0 saturated carbocycles. The molecule has 6 nitrogen and oxygen atoms in total. The molecule has 1 aliphatic heterocycles. The zero-order valence-electron chi connectivity index (χ0n) is 11.3. The number of esters is 1. The summed E-state index contributed by atoms with van der Waals surface area (Å²) in [5.41, 5.74) is 0.371. The molecule has 1 fully saturated rings. The van der Waals surface area contributed by atoms with E-state index in [1.807, 2.05) is 0 Å². The standard InChI is InChI=1S/C14H18O6/c1-8-12(10(15)11(16)14(18-2)19-8)20-13(17)9-6-4-3-5-7-9/h3-8,10-12,14-16H,1-2H3/t8-,10-,11+,12-,14+/m0/s1. The highest BCUT2D eigenvalue weighted by atomic mass is 16.7. The Balaban J connectivity index is 2.07. The smallest absolute Gasteiger partial charge is 0.338 e. The van der Waals surface area contributed by atoms with Gasteiger partial charge in [-0.15, -0.1) is 0 Å². The maximum Gasteiger partial charge on any atom is 0.338 e. The summed E-state index contributed by atoms with van der Waals surface area (Å²) in [4.78, 5) is 12.0. The molecule has 5 atom stereocenters. The monoisotopic (exact) mass is 282 g/mol. The third kappa shape index (κ3) is 2.99. The number of benzene rings is 1. The molecule has 0 amide bonds. The number of rotatable bonds is 3. The summed E-state index contributed by atoms with van der Waals surface area (Å²) in [6.45, 7) is 1.64. The van der Waals surface area contributed by atoms with Crippen molar-refractivity contribution in [2.75, 3.05) is 7.11 Å². The minimum atomic E-state index is -1.27. The highest BCUT2D eigenvalue weighted by Gasteiger charge is 2.45. The second-order valence-electron chi connectivity index (χ2n) is 4.66. The van der Waals surface area contributed by atoms with Gasteiger partial charge < -0.3 is 24.4 Å². The van der Waals surface area contributed by atoms with Crippen LogP contribution in [0.4, 0.5) is 0 Å². The van der Waals surface area contributed by atoms with Crippen molar-refractivity contribution < 1.29 is 29.2 Å². The van der Waals surface area contributed by atoms with Crippen molar-refractivity contribution in [2.45, 2.75) is 37.6 Å². The lowest BCUT2D eigenvalue weighted by Gasteiger charge is -2.40. The Labute approximate surface area is 116 Å². The van der Waals surface area contributed by atoms with Gasteiger partial charge in [-0.3, -0.25) is 0 Å². The highest BCUT2D eigenvalue weighted by Crippen LogP contribution is 2.24. The lowest BCUT2D eigenvalue weighted by Crippen LogP contribution is -2.58. The van der Waals surface area contributed by atoms with Gasteiger partial charge in [0.15, 0.2) is 12.4 Å². The van der Waals surface area contributed by atoms with Crippen LogP contribution in [0.5, 0.6) is 0 Å². The van der Waals surface area contributed by atoms with E-state index in [1.165, 1.54) is 7.11 Å². The molecule has 0 unspecified atom stereocenters. The van der Waals surface area contributed by atoms with Crippen LogP contribution in [0.15, 0.2) is 30.3 Å². The lowest BCUT2D eigenvalue weighted by atomic mass is 9.99. The van der Waals surface area contributed by atoms with Crippen molar-refractivity contribution in [2.24, 2.45) is 0 Å². The lowest BCUT2D eigenvalue weighted by molar-refractivity contribution is -0.285. The molecule has 0 aromatic heterocycles. The average Bonchev–Trinajstić information content (AvgIpc) is 2.48. The molecule has 0 radical (unpaired) electrons. The summed E-state index contributed by atoms with van der Waals surface area (Å²) in [5, 5.41) is 19.8. The van der Waals surface area contributed by atoms with Crippen molar-refractivity contribution in [3.63, 3.8) is 0 Å². The second kappa shape index (κ2) is 6.32. The van der Waals surface area contributed by atoms with E-state index in [0.717, 1.165) is 0 Å². The van der Waals surface area contributed by atoms with Crippen molar-refractivity contribution in [3.05, 3.63) is 35.9 Å². The minimum Gasteiger partial charge on any atom is -0.453 e. The maximum absolute atomic E-state index is 12.0. The van der Waals surface area contributed by atoms with Gasteiger partial charge in [-0.2, -0.15) is 0 Å². The largest absolute Gasteiger partial charge is 0.453 e. The number of ether oxygens (including phenoxy) is 3. The molecule has 0 spiro atoms. The first kappa shape index (κ1) is 14.9. The van der Waals surface area contributed by atoms with Crippen molar-refractivity contribution in [1.29, 1.82) is 0 Å². The van der Waals surface area contributed by atoms with Gasteiger partial charge in [0.2, 0.25) is 0 Å². The molecule has 6 heteroatoms. The van der Waals surface area contributed by atoms with Gasteiger partial charge in [-0.05, 0) is 19.1 Å². The predicted octanol–water partition coefficient (Wildman–Crippen LogP) is 0.325. The topological polar surface area (TPSA) is 85.2 Å². The summed E-state index contributed by atoms with van der Waals surface area (Å²) in [5.74, 6) is -0.576. The molecule has 2 rings (SSSR count). The summed E-state index contributed by atoms with van der Waals surface area (Å²) in [6.07, 6.45) is -5.03. The van der Waals surface area contributed by atoms with Crippen molar-refractivity contribution in [3.8, 4) is 0 Å². The summed E-state index contributed by atoms with van der Waals surface area (Å²) in [7, 11) is 1.36. The van der Waals surface area contributed by atoms with Crippen LogP contribution < -0.4 is 0 Å². The molecule has 1 heterocycles. The number of carbonyl (C=O) groups excluding carboxylic acids is 1. The number of aliphatic hydroxyl groups is 2. The molecule has 20 heavy (non-hydrogen) atoms. The minimum absolute atomic E-state index is 0.371. The van der Waals surface area contributed by atoms with E-state index < -0.39 is 36.7 Å². The van der Waals surface area contributed by atoms with Crippen LogP contribution in [0.2, 0.25) is 0 Å². The Morgan fingerprint density at radius 3 is 2.45 bits per heavy atom. The highest BCUT2D eigenvalue weighted by molar-refractivity contribution is 5.89. The Morgan fingerprint density at radius 2 is 1.85 bits per heavy atom. The Hall–Kier alpha value is -1.47. The normalized spacial score (nSPS) is 33.7. The van der Waals surface area contributed by atoms with E-state index in [1.54, 1.807) is 37.3 Å². The van der Waals surface area contributed by atoms with E-state index in [4.69, 9.17) is 14.2 Å². The van der Waals surface area contributed by atoms with Crippen LogP contribution in [0.3, 0.4) is 0 Å². The molecule has 2 N–H and O–H groups in total. The molecule has 1 aromatic carbocycles. The second-order valence-corrected chi connectivity index (χ2v) is 4.66. The molecular weight excluding hydrogens is 264 g/mol. The fraction of sp³-hybridized carbons (Fsp3) is 0.500. The third-order valence-electron chi connectivity index (χ3n) is 3.26. The summed E-state index contributed by atoms with van der Waals surface area (Å²) >= 11 is 0. The van der Waals surface area contributed by atoms with Crippen LogP contribution in [-0.4, -0.2) is 54.0 Å². The molecular formula is C14H18O6. The van der Waals surface area contributed by atoms with Crippen LogP contribution in [0, 0.1) is 0 Å². The third-order valence-corrected chi connectivity index (χ3v) is 3.26. The van der Waals surface area contributed by atoms with E-state index in [-0.39, 0.29) is 0 Å². The van der Waals surface area contributed by atoms with E-state index in [2.05, 4.69) is 0 Å². The van der Waals surface area contributed by atoms with E-state index >= 15 is 0 Å². The zero-order chi connectivity index (χ0) is 14.7. The van der Waals surface area contributed by atoms with Crippen molar-refractivity contribution >= 4 is 5.97 Å². The molecule has 1 aromatic rings. The Kier molecular flexibility index (Phi) is 4.72. The fourth-order valence-electron chi connectivity index (χ4n) is 2.13. The van der Waals surface area contributed by atoms with Gasteiger partial charge in [0.25, 0.3) is 0 Å². The average molecular weight is 282 g/mol. The number of methoxy groups -OCH3 is 1. The van der Waals surface area contributed by atoms with Crippen LogP contribution in [-0.2, 0) is 14.2 Å². The molecule has 0 aliphatic carbocycles. The van der Waals surface area contributed by atoms with E-state index in [0.29, 0.717) is 5.56 Å². The molecule has 1 saturated heterocycles. The molecule has 110 valence electrons. The van der Waals surface area contributed by atoms with Gasteiger partial charge >= 0.3 is 5.97 Å². The summed E-state index contributed by atoms with van der Waals surface area (Å²) in [6, 6.07) is 8.42. The first-order valence-electron chi connectivity index (χ1n) is 6.35. The number of hydrogen-bond donors (Lipinski definition) is 2. The predicted molar refractivity (Wildman–Crippen MR) is 69.0 cm³/mol. The van der Waals surface area contributed by atoms with Gasteiger partial charge in [0.1, 0.15) is 12.2 Å². The zero-order valence-corrected chi connectivity index (χ0v) is 11.3. The van der Waals surface area contributed by atoms with Crippen molar-refractivity contribution in [1.82, 2.24) is 0 Å². The fourth-order valence-corrected chi connectivity index (χ4v) is 2.13. The van der Waals surface area contributed by atoms with Crippen LogP contribution >= 0.6 is 0 Å². The quantitative estimate of drug-likeness (QED) is 0.777. The number of aliphatic hydroxyl groups excluding tert-OH is 2. The molecule has 0 bridgehead atoms. The number of carbonyl (C=O) groups is 1. The first-order valence-corrected chi connectivity index (χ1v) is 6.35. The van der Waals surface area contributed by atoms with Gasteiger partial charge in [-0.1, -0.05) is 18.2 Å². The van der Waals surface area contributed by atoms with Crippen LogP contribution in [0.1, 0.15) is 17.3 Å². The maximum atomic E-state index is 12.0.